The first kappa shape index (κ1) is 13.4. The molecule has 1 aromatic rings. The van der Waals surface area contributed by atoms with Gasteiger partial charge in [-0.05, 0) is 0 Å². The van der Waals surface area contributed by atoms with Crippen LogP contribution in [0.2, 0.25) is 0 Å². The van der Waals surface area contributed by atoms with E-state index in [9.17, 15) is 19.8 Å². The summed E-state index contributed by atoms with van der Waals surface area (Å²) >= 11 is 0. The molecule has 3 N–H and O–H groups in total. The lowest BCUT2D eigenvalue weighted by Gasteiger charge is -2.21. The molecule has 0 aliphatic carbocycles. The second-order valence-electron chi connectivity index (χ2n) is 4.44. The summed E-state index contributed by atoms with van der Waals surface area (Å²) in [5.41, 5.74) is 2.91. The molecule has 7 heteroatoms. The smallest absolute Gasteiger partial charge is 0.237 e. The molecule has 1 amide bonds. The van der Waals surface area contributed by atoms with Crippen LogP contribution in [0, 0.1) is 0 Å². The van der Waals surface area contributed by atoms with Gasteiger partial charge in [0.15, 0.2) is 11.8 Å². The first-order valence-corrected chi connectivity index (χ1v) is 6.21. The Labute approximate surface area is 110 Å². The van der Waals surface area contributed by atoms with Crippen LogP contribution in [0.15, 0.2) is 12.1 Å². The standard InChI is InChI=1S/C12H17N3O4/c16-9-1-2-12(19)15(7-5-9)13-6-8-14-10(17)3-4-11(14)18/h3-4,13,17-18H,1-2,5-8H2. The highest BCUT2D eigenvalue weighted by atomic mass is 16.3. The van der Waals surface area contributed by atoms with Crippen molar-refractivity contribution in [2.24, 2.45) is 0 Å². The summed E-state index contributed by atoms with van der Waals surface area (Å²) in [6.45, 7) is 1.05. The molecule has 1 fully saturated rings. The van der Waals surface area contributed by atoms with Gasteiger partial charge in [0, 0.05) is 51.0 Å². The number of carbonyl (C=O) groups is 2. The van der Waals surface area contributed by atoms with Crippen molar-refractivity contribution in [3.8, 4) is 11.8 Å². The van der Waals surface area contributed by atoms with Gasteiger partial charge in [0.25, 0.3) is 0 Å². The molecule has 0 saturated carbocycles. The predicted octanol–water partition coefficient (Wildman–Crippen LogP) is -0.0145. The highest BCUT2D eigenvalue weighted by Crippen LogP contribution is 2.19. The average molecular weight is 267 g/mol. The Morgan fingerprint density at radius 1 is 1.11 bits per heavy atom. The minimum atomic E-state index is -0.105. The van der Waals surface area contributed by atoms with Crippen LogP contribution in [-0.2, 0) is 16.1 Å². The van der Waals surface area contributed by atoms with E-state index >= 15 is 0 Å². The van der Waals surface area contributed by atoms with Crippen molar-refractivity contribution in [3.05, 3.63) is 12.1 Å². The van der Waals surface area contributed by atoms with Crippen LogP contribution in [0.4, 0.5) is 0 Å². The summed E-state index contributed by atoms with van der Waals surface area (Å²) in [6.07, 6.45) is 0.890. The van der Waals surface area contributed by atoms with Gasteiger partial charge in [0.05, 0.1) is 0 Å². The first-order valence-electron chi connectivity index (χ1n) is 6.21. The summed E-state index contributed by atoms with van der Waals surface area (Å²) in [5.74, 6) is -0.0708. The number of nitrogens with one attached hydrogen (secondary N) is 1. The number of ketones is 1. The Balaban J connectivity index is 1.85. The number of nitrogens with zero attached hydrogens (tertiary/aromatic N) is 2. The number of aromatic hydroxyl groups is 2. The van der Waals surface area contributed by atoms with E-state index in [2.05, 4.69) is 5.43 Å². The van der Waals surface area contributed by atoms with Crippen molar-refractivity contribution in [1.82, 2.24) is 15.0 Å². The molecule has 0 aromatic carbocycles. The van der Waals surface area contributed by atoms with E-state index in [1.165, 1.54) is 21.7 Å². The van der Waals surface area contributed by atoms with E-state index in [0.29, 0.717) is 32.5 Å². The lowest BCUT2D eigenvalue weighted by atomic mass is 10.2. The molecule has 0 unspecified atom stereocenters. The van der Waals surface area contributed by atoms with Gasteiger partial charge in [-0.15, -0.1) is 0 Å². The average Bonchev–Trinajstić information content (AvgIpc) is 2.60. The number of amides is 1. The second kappa shape index (κ2) is 5.75. The minimum Gasteiger partial charge on any atom is -0.494 e. The number of rotatable bonds is 4. The van der Waals surface area contributed by atoms with Gasteiger partial charge in [0.1, 0.15) is 5.78 Å². The van der Waals surface area contributed by atoms with Crippen LogP contribution in [0.3, 0.4) is 0 Å². The van der Waals surface area contributed by atoms with E-state index in [4.69, 9.17) is 0 Å². The van der Waals surface area contributed by atoms with Crippen molar-refractivity contribution >= 4 is 11.7 Å². The number of hydrogen-bond donors (Lipinski definition) is 3. The normalized spacial score (nSPS) is 16.7. The topological polar surface area (TPSA) is 94.8 Å². The Morgan fingerprint density at radius 3 is 2.47 bits per heavy atom. The number of aromatic nitrogens is 1. The van der Waals surface area contributed by atoms with E-state index in [-0.39, 0.29) is 29.9 Å². The molecular formula is C12H17N3O4. The number of hydrogen-bond acceptors (Lipinski definition) is 5. The van der Waals surface area contributed by atoms with Gasteiger partial charge in [-0.25, -0.2) is 5.43 Å². The van der Waals surface area contributed by atoms with Gasteiger partial charge in [-0.2, -0.15) is 0 Å². The third-order valence-corrected chi connectivity index (χ3v) is 3.11. The van der Waals surface area contributed by atoms with Crippen LogP contribution in [0.5, 0.6) is 11.8 Å². The summed E-state index contributed by atoms with van der Waals surface area (Å²) in [5, 5.41) is 20.3. The molecule has 2 rings (SSSR count). The fraction of sp³-hybridized carbons (Fsp3) is 0.500. The summed E-state index contributed by atoms with van der Waals surface area (Å²) in [4.78, 5) is 22.9. The van der Waals surface area contributed by atoms with Gasteiger partial charge < -0.3 is 10.2 Å². The summed E-state index contributed by atoms with van der Waals surface area (Å²) in [7, 11) is 0. The lowest BCUT2D eigenvalue weighted by Crippen LogP contribution is -2.43. The first-order chi connectivity index (χ1) is 9.08. The SMILES string of the molecule is O=C1CCC(=O)N(NCCn2c(O)ccc2O)CC1. The maximum absolute atomic E-state index is 11.7. The highest BCUT2D eigenvalue weighted by Gasteiger charge is 2.20. The van der Waals surface area contributed by atoms with E-state index in [1.807, 2.05) is 0 Å². The zero-order chi connectivity index (χ0) is 13.8. The minimum absolute atomic E-state index is 0.0309. The zero-order valence-corrected chi connectivity index (χ0v) is 10.5. The monoisotopic (exact) mass is 267 g/mol. The second-order valence-corrected chi connectivity index (χ2v) is 4.44. The third kappa shape index (κ3) is 3.25. The van der Waals surface area contributed by atoms with Crippen LogP contribution in [0.25, 0.3) is 0 Å². The maximum atomic E-state index is 11.7. The fourth-order valence-electron chi connectivity index (χ4n) is 2.01. The molecule has 1 aliphatic rings. The quantitative estimate of drug-likeness (QED) is 0.713. The molecule has 0 radical (unpaired) electrons. The van der Waals surface area contributed by atoms with E-state index in [1.54, 1.807) is 0 Å². The Hall–Kier alpha value is -2.02. The largest absolute Gasteiger partial charge is 0.494 e. The Kier molecular flexibility index (Phi) is 4.06. The van der Waals surface area contributed by atoms with Crippen LogP contribution in [-0.4, -0.2) is 44.6 Å². The molecule has 0 bridgehead atoms. The molecule has 19 heavy (non-hydrogen) atoms. The maximum Gasteiger partial charge on any atom is 0.237 e. The van der Waals surface area contributed by atoms with Crippen molar-refractivity contribution in [2.75, 3.05) is 13.1 Å². The zero-order valence-electron chi connectivity index (χ0n) is 10.5. The van der Waals surface area contributed by atoms with Gasteiger partial charge in [-0.1, -0.05) is 0 Å². The van der Waals surface area contributed by atoms with Gasteiger partial charge >= 0.3 is 0 Å². The van der Waals surface area contributed by atoms with E-state index in [0.717, 1.165) is 0 Å². The highest BCUT2D eigenvalue weighted by molar-refractivity contribution is 5.87. The van der Waals surface area contributed by atoms with Gasteiger partial charge in [0.2, 0.25) is 5.91 Å². The molecule has 1 aliphatic heterocycles. The molecule has 1 saturated heterocycles. The van der Waals surface area contributed by atoms with Crippen LogP contribution < -0.4 is 5.43 Å². The van der Waals surface area contributed by atoms with Crippen molar-refractivity contribution < 1.29 is 19.8 Å². The molecule has 2 heterocycles. The molecule has 0 spiro atoms. The number of hydrazine groups is 1. The number of carbonyl (C=O) groups excluding carboxylic acids is 2. The predicted molar refractivity (Wildman–Crippen MR) is 66.3 cm³/mol. The van der Waals surface area contributed by atoms with Gasteiger partial charge in [-0.3, -0.25) is 19.2 Å². The Morgan fingerprint density at radius 2 is 1.79 bits per heavy atom. The molecule has 7 nitrogen and oxygen atoms in total. The molecule has 104 valence electrons. The van der Waals surface area contributed by atoms with Crippen molar-refractivity contribution in [2.45, 2.75) is 25.8 Å². The third-order valence-electron chi connectivity index (χ3n) is 3.11. The van der Waals surface area contributed by atoms with Crippen molar-refractivity contribution in [3.63, 3.8) is 0 Å². The van der Waals surface area contributed by atoms with E-state index < -0.39 is 0 Å². The van der Waals surface area contributed by atoms with Crippen LogP contribution in [0.1, 0.15) is 19.3 Å². The van der Waals surface area contributed by atoms with Crippen molar-refractivity contribution in [1.29, 1.82) is 0 Å². The molecule has 0 atom stereocenters. The summed E-state index contributed by atoms with van der Waals surface area (Å²) in [6, 6.07) is 2.79. The lowest BCUT2D eigenvalue weighted by molar-refractivity contribution is -0.134. The number of Topliss-reactive ketones (excluding diaryl/α,β-unsaturated/α-hetero) is 1. The fourth-order valence-corrected chi connectivity index (χ4v) is 2.01. The molecular weight excluding hydrogens is 250 g/mol. The summed E-state index contributed by atoms with van der Waals surface area (Å²) < 4.78 is 1.32. The Bertz CT molecular complexity index is 464. The van der Waals surface area contributed by atoms with Crippen LogP contribution >= 0.6 is 0 Å². The molecule has 1 aromatic heterocycles.